The van der Waals surface area contributed by atoms with Crippen molar-refractivity contribution in [1.82, 2.24) is 0 Å². The highest BCUT2D eigenvalue weighted by Crippen LogP contribution is 2.37. The molecule has 0 radical (unpaired) electrons. The van der Waals surface area contributed by atoms with Crippen LogP contribution in [-0.2, 0) is 11.8 Å². The molecule has 1 aromatic carbocycles. The zero-order valence-corrected chi connectivity index (χ0v) is 9.82. The molecule has 0 saturated carbocycles. The first-order valence-electron chi connectivity index (χ1n) is 4.88. The molecule has 0 aromatic heterocycles. The Kier molecular flexibility index (Phi) is 2.23. The van der Waals surface area contributed by atoms with Gasteiger partial charge in [0.15, 0.2) is 0 Å². The van der Waals surface area contributed by atoms with E-state index in [4.69, 9.17) is 0 Å². The summed E-state index contributed by atoms with van der Waals surface area (Å²) in [7, 11) is 0. The number of benzene rings is 1. The lowest BCUT2D eigenvalue weighted by Crippen LogP contribution is -2.23. The van der Waals surface area contributed by atoms with Crippen molar-refractivity contribution in [2.45, 2.75) is 38.5 Å². The van der Waals surface area contributed by atoms with Crippen molar-refractivity contribution < 1.29 is 0 Å². The Bertz CT molecular complexity index is 326. The van der Waals surface area contributed by atoms with Gasteiger partial charge in [0, 0.05) is 4.47 Å². The standard InChI is InChI=1S/C12H15Br/c1-12(2)7-3-4-9-8-10(13)5-6-11(9)12/h5-6,8H,3-4,7H2,1-2H3. The van der Waals surface area contributed by atoms with Crippen molar-refractivity contribution in [3.05, 3.63) is 33.8 Å². The van der Waals surface area contributed by atoms with Crippen LogP contribution in [0.3, 0.4) is 0 Å². The first-order valence-corrected chi connectivity index (χ1v) is 5.68. The molecule has 0 aliphatic heterocycles. The molecule has 0 amide bonds. The van der Waals surface area contributed by atoms with Crippen LogP contribution in [0.2, 0.25) is 0 Å². The van der Waals surface area contributed by atoms with Gasteiger partial charge in [0.05, 0.1) is 0 Å². The Morgan fingerprint density at radius 3 is 2.85 bits per heavy atom. The minimum atomic E-state index is 0.383. The monoisotopic (exact) mass is 238 g/mol. The zero-order valence-electron chi connectivity index (χ0n) is 8.23. The second-order valence-corrected chi connectivity index (χ2v) is 5.45. The maximum Gasteiger partial charge on any atom is 0.0178 e. The molecule has 1 aliphatic rings. The van der Waals surface area contributed by atoms with Gasteiger partial charge in [-0.3, -0.25) is 0 Å². The van der Waals surface area contributed by atoms with E-state index in [9.17, 15) is 0 Å². The minimum absolute atomic E-state index is 0.383. The molecule has 0 bridgehead atoms. The summed E-state index contributed by atoms with van der Waals surface area (Å²) in [5.74, 6) is 0. The summed E-state index contributed by atoms with van der Waals surface area (Å²) >= 11 is 3.53. The van der Waals surface area contributed by atoms with E-state index < -0.39 is 0 Å². The van der Waals surface area contributed by atoms with Crippen molar-refractivity contribution in [1.29, 1.82) is 0 Å². The van der Waals surface area contributed by atoms with Gasteiger partial charge in [-0.15, -0.1) is 0 Å². The molecule has 0 saturated heterocycles. The van der Waals surface area contributed by atoms with E-state index in [0.29, 0.717) is 5.41 Å². The lowest BCUT2D eigenvalue weighted by molar-refractivity contribution is 0.432. The molecule has 0 fully saturated rings. The number of hydrogen-bond donors (Lipinski definition) is 0. The second kappa shape index (κ2) is 3.13. The van der Waals surface area contributed by atoms with E-state index in [1.54, 1.807) is 5.56 Å². The largest absolute Gasteiger partial charge is 0.0571 e. The minimum Gasteiger partial charge on any atom is -0.0571 e. The molecule has 0 nitrogen and oxygen atoms in total. The van der Waals surface area contributed by atoms with Crippen LogP contribution in [-0.4, -0.2) is 0 Å². The van der Waals surface area contributed by atoms with Gasteiger partial charge in [-0.2, -0.15) is 0 Å². The summed E-state index contributed by atoms with van der Waals surface area (Å²) in [6.07, 6.45) is 3.90. The number of fused-ring (bicyclic) bond motifs is 1. The second-order valence-electron chi connectivity index (χ2n) is 4.54. The van der Waals surface area contributed by atoms with E-state index in [-0.39, 0.29) is 0 Å². The number of rotatable bonds is 0. The first kappa shape index (κ1) is 9.26. The third-order valence-corrected chi connectivity index (χ3v) is 3.54. The lowest BCUT2D eigenvalue weighted by Gasteiger charge is -2.32. The van der Waals surface area contributed by atoms with Gasteiger partial charge < -0.3 is 0 Å². The van der Waals surface area contributed by atoms with Crippen molar-refractivity contribution in [3.63, 3.8) is 0 Å². The van der Waals surface area contributed by atoms with Gasteiger partial charge in [-0.1, -0.05) is 35.8 Å². The molecule has 1 heteroatoms. The summed E-state index contributed by atoms with van der Waals surface area (Å²) in [5, 5.41) is 0. The Balaban J connectivity index is 2.53. The summed E-state index contributed by atoms with van der Waals surface area (Å²) in [6, 6.07) is 6.71. The van der Waals surface area contributed by atoms with Gasteiger partial charge in [-0.25, -0.2) is 0 Å². The maximum absolute atomic E-state index is 3.53. The van der Waals surface area contributed by atoms with Gasteiger partial charge in [0.1, 0.15) is 0 Å². The quantitative estimate of drug-likeness (QED) is 0.640. The molecular formula is C12H15Br. The summed E-state index contributed by atoms with van der Waals surface area (Å²) in [6.45, 7) is 4.69. The normalized spacial score (nSPS) is 19.6. The molecule has 70 valence electrons. The van der Waals surface area contributed by atoms with Crippen LogP contribution in [0.25, 0.3) is 0 Å². The van der Waals surface area contributed by atoms with Crippen molar-refractivity contribution in [2.75, 3.05) is 0 Å². The van der Waals surface area contributed by atoms with Gasteiger partial charge >= 0.3 is 0 Å². The number of hydrogen-bond acceptors (Lipinski definition) is 0. The molecule has 0 spiro atoms. The van der Waals surface area contributed by atoms with E-state index >= 15 is 0 Å². The van der Waals surface area contributed by atoms with Crippen LogP contribution in [0.5, 0.6) is 0 Å². The molecule has 13 heavy (non-hydrogen) atoms. The van der Waals surface area contributed by atoms with Gasteiger partial charge in [-0.05, 0) is 47.9 Å². The smallest absolute Gasteiger partial charge is 0.0178 e. The van der Waals surface area contributed by atoms with Crippen molar-refractivity contribution in [2.24, 2.45) is 0 Å². The summed E-state index contributed by atoms with van der Waals surface area (Å²) in [4.78, 5) is 0. The molecule has 0 N–H and O–H groups in total. The van der Waals surface area contributed by atoms with Crippen LogP contribution in [0.15, 0.2) is 22.7 Å². The lowest BCUT2D eigenvalue weighted by atomic mass is 9.73. The van der Waals surface area contributed by atoms with E-state index in [0.717, 1.165) is 0 Å². The molecular weight excluding hydrogens is 224 g/mol. The first-order chi connectivity index (χ1) is 6.09. The van der Waals surface area contributed by atoms with Crippen LogP contribution in [0.1, 0.15) is 37.8 Å². The van der Waals surface area contributed by atoms with Crippen LogP contribution in [0.4, 0.5) is 0 Å². The topological polar surface area (TPSA) is 0 Å². The maximum atomic E-state index is 3.53. The van der Waals surface area contributed by atoms with Gasteiger partial charge in [0.2, 0.25) is 0 Å². The highest BCUT2D eigenvalue weighted by Gasteiger charge is 2.26. The third-order valence-electron chi connectivity index (χ3n) is 3.04. The third kappa shape index (κ3) is 1.67. The molecule has 1 aromatic rings. The van der Waals surface area contributed by atoms with Crippen molar-refractivity contribution in [3.8, 4) is 0 Å². The average Bonchev–Trinajstić information content (AvgIpc) is 2.02. The predicted molar refractivity (Wildman–Crippen MR) is 60.1 cm³/mol. The fraction of sp³-hybridized carbons (Fsp3) is 0.500. The highest BCUT2D eigenvalue weighted by molar-refractivity contribution is 9.10. The Hall–Kier alpha value is -0.300. The summed E-state index contributed by atoms with van der Waals surface area (Å²) in [5.41, 5.74) is 3.46. The molecule has 0 atom stereocenters. The Morgan fingerprint density at radius 1 is 1.31 bits per heavy atom. The van der Waals surface area contributed by atoms with Crippen molar-refractivity contribution >= 4 is 15.9 Å². The van der Waals surface area contributed by atoms with E-state index in [1.807, 2.05) is 0 Å². The van der Waals surface area contributed by atoms with E-state index in [2.05, 4.69) is 48.0 Å². The SMILES string of the molecule is CC1(C)CCCc2cc(Br)ccc21. The van der Waals surface area contributed by atoms with Gasteiger partial charge in [0.25, 0.3) is 0 Å². The zero-order chi connectivity index (χ0) is 9.47. The number of aryl methyl sites for hydroxylation is 1. The van der Waals surface area contributed by atoms with Crippen LogP contribution in [0, 0.1) is 0 Å². The summed E-state index contributed by atoms with van der Waals surface area (Å²) < 4.78 is 1.21. The van der Waals surface area contributed by atoms with Crippen LogP contribution < -0.4 is 0 Å². The molecule has 0 heterocycles. The Morgan fingerprint density at radius 2 is 2.08 bits per heavy atom. The molecule has 0 unspecified atom stereocenters. The molecule has 1 aliphatic carbocycles. The number of halogens is 1. The average molecular weight is 239 g/mol. The van der Waals surface area contributed by atoms with E-state index in [1.165, 1.54) is 29.3 Å². The predicted octanol–water partition coefficient (Wildman–Crippen LogP) is 4.06. The highest BCUT2D eigenvalue weighted by atomic mass is 79.9. The fourth-order valence-electron chi connectivity index (χ4n) is 2.28. The fourth-order valence-corrected chi connectivity index (χ4v) is 2.69. The Labute approximate surface area is 88.5 Å². The van der Waals surface area contributed by atoms with Crippen LogP contribution >= 0.6 is 15.9 Å². The molecule has 2 rings (SSSR count).